The Morgan fingerprint density at radius 1 is 1.09 bits per heavy atom. The van der Waals surface area contributed by atoms with Crippen LogP contribution in [0.2, 0.25) is 10.0 Å². The highest BCUT2D eigenvalue weighted by molar-refractivity contribution is 7.80. The first-order valence-corrected chi connectivity index (χ1v) is 8.18. The average Bonchev–Trinajstić information content (AvgIpc) is 2.51. The quantitative estimate of drug-likeness (QED) is 0.438. The molecule has 0 aliphatic heterocycles. The van der Waals surface area contributed by atoms with Crippen molar-refractivity contribution in [3.63, 3.8) is 0 Å². The standard InChI is InChI=1S/C17H17Cl2N3S/c1-10-5-4-6-11(2)16(10)20-17(23)22-21-12(3)14-9-13(18)7-8-15(14)19/h4-9H,1-3H3,(H2,20,22,23)/b21-12-. The maximum absolute atomic E-state index is 6.16. The predicted molar refractivity (Wildman–Crippen MR) is 104 cm³/mol. The number of nitrogens with one attached hydrogen (secondary N) is 2. The summed E-state index contributed by atoms with van der Waals surface area (Å²) in [5.74, 6) is 0. The molecule has 120 valence electrons. The van der Waals surface area contributed by atoms with Gasteiger partial charge in [-0.25, -0.2) is 0 Å². The Morgan fingerprint density at radius 3 is 2.39 bits per heavy atom. The normalized spacial score (nSPS) is 11.3. The molecule has 0 radical (unpaired) electrons. The molecule has 0 saturated heterocycles. The summed E-state index contributed by atoms with van der Waals surface area (Å²) in [4.78, 5) is 0. The Kier molecular flexibility index (Phi) is 5.99. The average molecular weight is 366 g/mol. The van der Waals surface area contributed by atoms with Gasteiger partial charge in [-0.05, 0) is 62.3 Å². The van der Waals surface area contributed by atoms with Crippen molar-refractivity contribution >= 4 is 51.9 Å². The van der Waals surface area contributed by atoms with Crippen molar-refractivity contribution in [3.05, 3.63) is 63.1 Å². The molecule has 6 heteroatoms. The summed E-state index contributed by atoms with van der Waals surface area (Å²) in [5, 5.41) is 9.05. The number of thiocarbonyl (C=S) groups is 1. The summed E-state index contributed by atoms with van der Waals surface area (Å²) < 4.78 is 0. The lowest BCUT2D eigenvalue weighted by molar-refractivity contribution is 1.04. The molecular weight excluding hydrogens is 349 g/mol. The fourth-order valence-corrected chi connectivity index (χ4v) is 2.70. The van der Waals surface area contributed by atoms with Crippen molar-refractivity contribution in [1.82, 2.24) is 5.43 Å². The minimum absolute atomic E-state index is 0.417. The third-order valence-electron chi connectivity index (χ3n) is 3.36. The second-order valence-electron chi connectivity index (χ2n) is 5.15. The molecule has 0 aliphatic carbocycles. The molecule has 0 heterocycles. The molecule has 2 rings (SSSR count). The van der Waals surface area contributed by atoms with Crippen LogP contribution in [0.25, 0.3) is 0 Å². The lowest BCUT2D eigenvalue weighted by Crippen LogP contribution is -2.25. The van der Waals surface area contributed by atoms with Crippen molar-refractivity contribution in [2.45, 2.75) is 20.8 Å². The van der Waals surface area contributed by atoms with E-state index < -0.39 is 0 Å². The Balaban J connectivity index is 2.10. The van der Waals surface area contributed by atoms with Crippen LogP contribution in [-0.4, -0.2) is 10.8 Å². The predicted octanol–water partition coefficient (Wildman–Crippen LogP) is 5.32. The first-order chi connectivity index (χ1) is 10.9. The van der Waals surface area contributed by atoms with Crippen molar-refractivity contribution in [2.75, 3.05) is 5.32 Å². The number of hydrogen-bond donors (Lipinski definition) is 2. The lowest BCUT2D eigenvalue weighted by atomic mass is 10.1. The minimum atomic E-state index is 0.417. The van der Waals surface area contributed by atoms with Crippen molar-refractivity contribution in [1.29, 1.82) is 0 Å². The maximum atomic E-state index is 6.16. The molecule has 0 aromatic heterocycles. The maximum Gasteiger partial charge on any atom is 0.191 e. The SMILES string of the molecule is C/C(=N/NC(=S)Nc1c(C)cccc1C)c1cc(Cl)ccc1Cl. The second-order valence-corrected chi connectivity index (χ2v) is 6.41. The molecule has 0 atom stereocenters. The highest BCUT2D eigenvalue weighted by Crippen LogP contribution is 2.21. The monoisotopic (exact) mass is 365 g/mol. The molecule has 23 heavy (non-hydrogen) atoms. The van der Waals surface area contributed by atoms with Crippen molar-refractivity contribution in [2.24, 2.45) is 5.10 Å². The zero-order valence-corrected chi connectivity index (χ0v) is 15.4. The Labute approximate surface area is 151 Å². The third kappa shape index (κ3) is 4.67. The number of hydrazone groups is 1. The largest absolute Gasteiger partial charge is 0.331 e. The van der Waals surface area contributed by atoms with Gasteiger partial charge in [-0.1, -0.05) is 41.4 Å². The zero-order valence-electron chi connectivity index (χ0n) is 13.1. The van der Waals surface area contributed by atoms with Crippen LogP contribution in [-0.2, 0) is 0 Å². The summed E-state index contributed by atoms with van der Waals surface area (Å²) in [6.45, 7) is 5.89. The van der Waals surface area contributed by atoms with Crippen LogP contribution in [0, 0.1) is 13.8 Å². The molecule has 0 spiro atoms. The molecule has 0 saturated carbocycles. The van der Waals surface area contributed by atoms with E-state index in [1.165, 1.54) is 0 Å². The van der Waals surface area contributed by atoms with Gasteiger partial charge in [-0.3, -0.25) is 5.43 Å². The van der Waals surface area contributed by atoms with E-state index in [0.717, 1.165) is 22.4 Å². The van der Waals surface area contributed by atoms with Gasteiger partial charge in [0.05, 0.1) is 5.71 Å². The highest BCUT2D eigenvalue weighted by Gasteiger charge is 2.06. The van der Waals surface area contributed by atoms with Gasteiger partial charge in [-0.2, -0.15) is 5.10 Å². The van der Waals surface area contributed by atoms with Gasteiger partial charge in [-0.15, -0.1) is 0 Å². The van der Waals surface area contributed by atoms with Crippen LogP contribution in [0.1, 0.15) is 23.6 Å². The summed E-state index contributed by atoms with van der Waals surface area (Å²) in [6.07, 6.45) is 0. The molecule has 2 aromatic carbocycles. The van der Waals surface area contributed by atoms with Gasteiger partial charge < -0.3 is 5.32 Å². The van der Waals surface area contributed by atoms with Gasteiger partial charge in [0.25, 0.3) is 0 Å². The summed E-state index contributed by atoms with van der Waals surface area (Å²) in [5.41, 5.74) is 7.52. The number of nitrogens with zero attached hydrogens (tertiary/aromatic N) is 1. The van der Waals surface area contributed by atoms with Crippen molar-refractivity contribution in [3.8, 4) is 0 Å². The molecule has 0 amide bonds. The molecule has 2 aromatic rings. The van der Waals surface area contributed by atoms with E-state index in [0.29, 0.717) is 20.9 Å². The number of anilines is 1. The van der Waals surface area contributed by atoms with Crippen LogP contribution in [0.3, 0.4) is 0 Å². The van der Waals surface area contributed by atoms with Crippen LogP contribution >= 0.6 is 35.4 Å². The first-order valence-electron chi connectivity index (χ1n) is 7.01. The van der Waals surface area contributed by atoms with Crippen LogP contribution in [0.5, 0.6) is 0 Å². The Bertz CT molecular complexity index is 752. The van der Waals surface area contributed by atoms with E-state index in [-0.39, 0.29) is 0 Å². The van der Waals surface area contributed by atoms with Crippen molar-refractivity contribution < 1.29 is 0 Å². The number of para-hydroxylation sites is 1. The Morgan fingerprint density at radius 2 is 1.74 bits per heavy atom. The molecule has 0 bridgehead atoms. The minimum Gasteiger partial charge on any atom is -0.331 e. The van der Waals surface area contributed by atoms with Gasteiger partial charge >= 0.3 is 0 Å². The lowest BCUT2D eigenvalue weighted by Gasteiger charge is -2.13. The van der Waals surface area contributed by atoms with E-state index in [4.69, 9.17) is 35.4 Å². The highest BCUT2D eigenvalue weighted by atomic mass is 35.5. The van der Waals surface area contributed by atoms with E-state index >= 15 is 0 Å². The fourth-order valence-electron chi connectivity index (χ4n) is 2.12. The molecule has 3 nitrogen and oxygen atoms in total. The Hall–Kier alpha value is -1.62. The smallest absolute Gasteiger partial charge is 0.191 e. The summed E-state index contributed by atoms with van der Waals surface area (Å²) in [6, 6.07) is 11.3. The molecule has 0 fully saturated rings. The number of hydrogen-bond acceptors (Lipinski definition) is 2. The van der Waals surface area contributed by atoms with Gasteiger partial charge in [0, 0.05) is 21.3 Å². The molecule has 0 unspecified atom stereocenters. The molecular formula is C17H17Cl2N3S. The zero-order chi connectivity index (χ0) is 17.0. The van der Waals surface area contributed by atoms with E-state index in [2.05, 4.69) is 15.8 Å². The van der Waals surface area contributed by atoms with E-state index in [1.807, 2.05) is 39.0 Å². The molecule has 2 N–H and O–H groups in total. The third-order valence-corrected chi connectivity index (χ3v) is 4.12. The van der Waals surface area contributed by atoms with Gasteiger partial charge in [0.2, 0.25) is 0 Å². The number of halogens is 2. The van der Waals surface area contributed by atoms with E-state index in [1.54, 1.807) is 18.2 Å². The summed E-state index contributed by atoms with van der Waals surface area (Å²) >= 11 is 17.4. The molecule has 0 aliphatic rings. The van der Waals surface area contributed by atoms with Crippen LogP contribution in [0.4, 0.5) is 5.69 Å². The number of benzene rings is 2. The van der Waals surface area contributed by atoms with Gasteiger partial charge in [0.15, 0.2) is 5.11 Å². The van der Waals surface area contributed by atoms with Crippen LogP contribution in [0.15, 0.2) is 41.5 Å². The second kappa shape index (κ2) is 7.77. The van der Waals surface area contributed by atoms with E-state index in [9.17, 15) is 0 Å². The topological polar surface area (TPSA) is 36.4 Å². The van der Waals surface area contributed by atoms with Gasteiger partial charge in [0.1, 0.15) is 0 Å². The summed E-state index contributed by atoms with van der Waals surface area (Å²) in [7, 11) is 0. The number of aryl methyl sites for hydroxylation is 2. The first kappa shape index (κ1) is 17.7. The van der Waals surface area contributed by atoms with Crippen LogP contribution < -0.4 is 10.7 Å². The fraction of sp³-hybridized carbons (Fsp3) is 0.176. The number of rotatable bonds is 3.